The van der Waals surface area contributed by atoms with E-state index in [2.05, 4.69) is 21.0 Å². The van der Waals surface area contributed by atoms with Crippen molar-refractivity contribution in [3.8, 4) is 11.5 Å². The van der Waals surface area contributed by atoms with Crippen molar-refractivity contribution in [1.82, 2.24) is 5.01 Å². The predicted octanol–water partition coefficient (Wildman–Crippen LogP) is 2.66. The van der Waals surface area contributed by atoms with Gasteiger partial charge < -0.3 is 9.47 Å². The van der Waals surface area contributed by atoms with Crippen LogP contribution in [0.15, 0.2) is 21.7 Å². The van der Waals surface area contributed by atoms with Gasteiger partial charge in [0.1, 0.15) is 0 Å². The number of hydrogen-bond donors (Lipinski definition) is 0. The summed E-state index contributed by atoms with van der Waals surface area (Å²) < 4.78 is 11.7. The van der Waals surface area contributed by atoms with E-state index in [4.69, 9.17) is 21.7 Å². The zero-order chi connectivity index (χ0) is 14.7. The van der Waals surface area contributed by atoms with E-state index in [1.54, 1.807) is 32.6 Å². The quantitative estimate of drug-likeness (QED) is 0.598. The summed E-state index contributed by atoms with van der Waals surface area (Å²) in [4.78, 5) is 11.6. The minimum Gasteiger partial charge on any atom is -0.493 e. The molecule has 0 spiro atoms. The van der Waals surface area contributed by atoms with E-state index in [1.165, 1.54) is 16.8 Å². The largest absolute Gasteiger partial charge is 0.493 e. The van der Waals surface area contributed by atoms with Crippen molar-refractivity contribution in [2.45, 2.75) is 0 Å². The Hall–Kier alpha value is -1.12. The average Bonchev–Trinajstić information content (AvgIpc) is 2.76. The minimum absolute atomic E-state index is 0.118. The topological polar surface area (TPSA) is 51.1 Å². The number of amides is 1. The summed E-state index contributed by atoms with van der Waals surface area (Å²) >= 11 is 9.78. The van der Waals surface area contributed by atoms with E-state index in [1.807, 2.05) is 0 Å². The van der Waals surface area contributed by atoms with Gasteiger partial charge in [-0.1, -0.05) is 24.0 Å². The zero-order valence-corrected chi connectivity index (χ0v) is 14.0. The number of carbonyl (C=O) groups is 1. The van der Waals surface area contributed by atoms with Gasteiger partial charge in [0.05, 0.1) is 26.2 Å². The lowest BCUT2D eigenvalue weighted by Gasteiger charge is -2.10. The SMILES string of the molecule is COc1cc(Br)c(/C=N/N2C(=O)CSC2=S)cc1OC. The number of halogens is 1. The van der Waals surface area contributed by atoms with E-state index in [0.717, 1.165) is 10.0 Å². The highest BCUT2D eigenvalue weighted by atomic mass is 79.9. The van der Waals surface area contributed by atoms with Gasteiger partial charge in [0.25, 0.3) is 5.91 Å². The molecule has 2 rings (SSSR count). The highest BCUT2D eigenvalue weighted by molar-refractivity contribution is 9.10. The maximum atomic E-state index is 11.6. The molecule has 0 bridgehead atoms. The summed E-state index contributed by atoms with van der Waals surface area (Å²) in [5.41, 5.74) is 0.759. The number of carbonyl (C=O) groups excluding carboxylic acids is 1. The van der Waals surface area contributed by atoms with Gasteiger partial charge in [-0.25, -0.2) is 0 Å². The molecule has 0 aliphatic carbocycles. The molecule has 0 aromatic heterocycles. The number of nitrogens with zero attached hydrogens (tertiary/aromatic N) is 2. The lowest BCUT2D eigenvalue weighted by molar-refractivity contribution is -0.123. The molecule has 1 aromatic rings. The van der Waals surface area contributed by atoms with Gasteiger partial charge in [-0.15, -0.1) is 0 Å². The molecule has 0 N–H and O–H groups in total. The molecular weight excluding hydrogens is 364 g/mol. The van der Waals surface area contributed by atoms with Crippen molar-refractivity contribution in [2.75, 3.05) is 20.0 Å². The van der Waals surface area contributed by atoms with Crippen LogP contribution in [-0.4, -0.2) is 41.4 Å². The van der Waals surface area contributed by atoms with Crippen molar-refractivity contribution in [3.63, 3.8) is 0 Å². The van der Waals surface area contributed by atoms with Gasteiger partial charge in [0.15, 0.2) is 15.8 Å². The highest BCUT2D eigenvalue weighted by Gasteiger charge is 2.26. The Labute approximate surface area is 134 Å². The second kappa shape index (κ2) is 6.55. The van der Waals surface area contributed by atoms with Crippen LogP contribution in [0.4, 0.5) is 0 Å². The zero-order valence-electron chi connectivity index (χ0n) is 10.8. The van der Waals surface area contributed by atoms with Crippen LogP contribution >= 0.6 is 39.9 Å². The molecule has 0 atom stereocenters. The van der Waals surface area contributed by atoms with Crippen LogP contribution in [0.3, 0.4) is 0 Å². The monoisotopic (exact) mass is 374 g/mol. The number of benzene rings is 1. The number of thioether (sulfide) groups is 1. The normalized spacial score (nSPS) is 15.2. The Morgan fingerprint density at radius 1 is 1.40 bits per heavy atom. The van der Waals surface area contributed by atoms with Crippen molar-refractivity contribution in [2.24, 2.45) is 5.10 Å². The Bertz CT molecular complexity index is 576. The van der Waals surface area contributed by atoms with Crippen LogP contribution in [0.5, 0.6) is 11.5 Å². The van der Waals surface area contributed by atoms with Crippen LogP contribution in [-0.2, 0) is 4.79 Å². The second-order valence-electron chi connectivity index (χ2n) is 3.73. The van der Waals surface area contributed by atoms with Crippen molar-refractivity contribution in [3.05, 3.63) is 22.2 Å². The van der Waals surface area contributed by atoms with Gasteiger partial charge in [-0.2, -0.15) is 10.1 Å². The first kappa shape index (κ1) is 15.3. The molecule has 1 amide bonds. The molecule has 20 heavy (non-hydrogen) atoms. The van der Waals surface area contributed by atoms with E-state index < -0.39 is 0 Å². The average molecular weight is 375 g/mol. The van der Waals surface area contributed by atoms with Crippen LogP contribution in [0, 0.1) is 0 Å². The number of thiocarbonyl (C=S) groups is 1. The molecule has 1 saturated heterocycles. The van der Waals surface area contributed by atoms with E-state index >= 15 is 0 Å². The third-order valence-corrected chi connectivity index (χ3v) is 4.57. The lowest BCUT2D eigenvalue weighted by atomic mass is 10.2. The first-order valence-corrected chi connectivity index (χ1v) is 7.70. The lowest BCUT2D eigenvalue weighted by Crippen LogP contribution is -2.22. The van der Waals surface area contributed by atoms with E-state index in [0.29, 0.717) is 21.6 Å². The molecule has 0 saturated carbocycles. The molecule has 1 heterocycles. The van der Waals surface area contributed by atoms with Crippen LogP contribution in [0.2, 0.25) is 0 Å². The van der Waals surface area contributed by atoms with Crippen LogP contribution < -0.4 is 9.47 Å². The Morgan fingerprint density at radius 2 is 2.05 bits per heavy atom. The smallest absolute Gasteiger partial charge is 0.259 e. The Kier molecular flexibility index (Phi) is 5.00. The second-order valence-corrected chi connectivity index (χ2v) is 6.20. The summed E-state index contributed by atoms with van der Waals surface area (Å²) in [5, 5.41) is 5.34. The molecule has 1 aromatic carbocycles. The molecule has 0 radical (unpaired) electrons. The van der Waals surface area contributed by atoms with Crippen LogP contribution in [0.1, 0.15) is 5.56 Å². The molecule has 0 unspecified atom stereocenters. The molecule has 8 heteroatoms. The first-order chi connectivity index (χ1) is 9.56. The van der Waals surface area contributed by atoms with Crippen molar-refractivity contribution in [1.29, 1.82) is 0 Å². The van der Waals surface area contributed by atoms with Crippen LogP contribution in [0.25, 0.3) is 0 Å². The molecule has 1 aliphatic heterocycles. The molecule has 5 nitrogen and oxygen atoms in total. The number of hydrogen-bond acceptors (Lipinski definition) is 6. The summed E-state index contributed by atoms with van der Waals surface area (Å²) in [6.07, 6.45) is 1.56. The maximum absolute atomic E-state index is 11.6. The highest BCUT2D eigenvalue weighted by Crippen LogP contribution is 2.32. The fourth-order valence-corrected chi connectivity index (χ4v) is 2.94. The van der Waals surface area contributed by atoms with Gasteiger partial charge in [0, 0.05) is 10.0 Å². The number of rotatable bonds is 4. The Balaban J connectivity index is 2.29. The van der Waals surface area contributed by atoms with Gasteiger partial charge >= 0.3 is 0 Å². The maximum Gasteiger partial charge on any atom is 0.259 e. The number of methoxy groups -OCH3 is 2. The van der Waals surface area contributed by atoms with Crippen molar-refractivity contribution >= 4 is 56.4 Å². The summed E-state index contributed by atoms with van der Waals surface area (Å²) in [6, 6.07) is 3.54. The predicted molar refractivity (Wildman–Crippen MR) is 86.7 cm³/mol. The van der Waals surface area contributed by atoms with E-state index in [-0.39, 0.29) is 5.91 Å². The van der Waals surface area contributed by atoms with E-state index in [9.17, 15) is 4.79 Å². The standard InChI is InChI=1S/C12H11BrN2O3S2/c1-17-9-3-7(8(13)4-10(9)18-2)5-14-15-11(16)6-20-12(15)19/h3-5H,6H2,1-2H3/b14-5+. The third kappa shape index (κ3) is 3.13. The summed E-state index contributed by atoms with van der Waals surface area (Å²) in [5.74, 6) is 1.41. The van der Waals surface area contributed by atoms with Crippen molar-refractivity contribution < 1.29 is 14.3 Å². The number of ether oxygens (including phenoxy) is 2. The Morgan fingerprint density at radius 3 is 2.60 bits per heavy atom. The minimum atomic E-state index is -0.118. The molecule has 1 aliphatic rings. The fourth-order valence-electron chi connectivity index (χ4n) is 1.55. The fraction of sp³-hybridized carbons (Fsp3) is 0.250. The molecule has 1 fully saturated rings. The first-order valence-electron chi connectivity index (χ1n) is 5.52. The van der Waals surface area contributed by atoms with Gasteiger partial charge in [-0.05, 0) is 28.1 Å². The molecular formula is C12H11BrN2O3S2. The third-order valence-electron chi connectivity index (χ3n) is 2.54. The molecule has 106 valence electrons. The van der Waals surface area contributed by atoms with Gasteiger partial charge in [0.2, 0.25) is 0 Å². The van der Waals surface area contributed by atoms with Gasteiger partial charge in [-0.3, -0.25) is 4.79 Å². The summed E-state index contributed by atoms with van der Waals surface area (Å²) in [6.45, 7) is 0. The summed E-state index contributed by atoms with van der Waals surface area (Å²) in [7, 11) is 3.12. The number of hydrazone groups is 1.